The minimum atomic E-state index is 0.0861. The average molecular weight is 232 g/mol. The van der Waals surface area contributed by atoms with Gasteiger partial charge in [-0.05, 0) is 44.5 Å². The standard InChI is InChI=1S/C14H20N2O/c1-14(2,15-3)9-10-5-6-12-11(7-10)8-13(17)16(12)4/h5-7,15H,8-9H2,1-4H3. The molecule has 92 valence electrons. The Morgan fingerprint density at radius 3 is 2.76 bits per heavy atom. The van der Waals surface area contributed by atoms with Crippen LogP contribution in [0.1, 0.15) is 25.0 Å². The third kappa shape index (κ3) is 2.34. The molecule has 1 aromatic rings. The van der Waals surface area contributed by atoms with E-state index in [1.807, 2.05) is 14.1 Å². The predicted octanol–water partition coefficient (Wildman–Crippen LogP) is 1.75. The number of hydrogen-bond donors (Lipinski definition) is 1. The van der Waals surface area contributed by atoms with Gasteiger partial charge in [0.05, 0.1) is 6.42 Å². The molecular formula is C14H20N2O. The SMILES string of the molecule is CNC(C)(C)Cc1ccc2c(c1)CC(=O)N2C. The van der Waals surface area contributed by atoms with Gasteiger partial charge in [0.1, 0.15) is 0 Å². The number of nitrogens with one attached hydrogen (secondary N) is 1. The predicted molar refractivity (Wildman–Crippen MR) is 70.4 cm³/mol. The van der Waals surface area contributed by atoms with Gasteiger partial charge in [-0.1, -0.05) is 12.1 Å². The lowest BCUT2D eigenvalue weighted by Crippen LogP contribution is -2.38. The molecule has 1 aromatic carbocycles. The van der Waals surface area contributed by atoms with Crippen LogP contribution >= 0.6 is 0 Å². The highest BCUT2D eigenvalue weighted by molar-refractivity contribution is 6.00. The zero-order chi connectivity index (χ0) is 12.6. The second kappa shape index (κ2) is 4.15. The number of hydrogen-bond acceptors (Lipinski definition) is 2. The number of anilines is 1. The fourth-order valence-corrected chi connectivity index (χ4v) is 2.23. The van der Waals surface area contributed by atoms with Crippen LogP contribution in [-0.2, 0) is 17.6 Å². The van der Waals surface area contributed by atoms with Crippen molar-refractivity contribution in [1.29, 1.82) is 0 Å². The molecule has 0 aromatic heterocycles. The van der Waals surface area contributed by atoms with Gasteiger partial charge in [0.25, 0.3) is 0 Å². The lowest BCUT2D eigenvalue weighted by Gasteiger charge is -2.24. The Balaban J connectivity index is 2.25. The topological polar surface area (TPSA) is 32.3 Å². The van der Waals surface area contributed by atoms with E-state index in [9.17, 15) is 4.79 Å². The molecule has 2 rings (SSSR count). The average Bonchev–Trinajstić information content (AvgIpc) is 2.54. The summed E-state index contributed by atoms with van der Waals surface area (Å²) in [5, 5.41) is 3.30. The molecule has 0 radical (unpaired) electrons. The van der Waals surface area contributed by atoms with Crippen molar-refractivity contribution in [1.82, 2.24) is 5.32 Å². The van der Waals surface area contributed by atoms with Gasteiger partial charge in [-0.2, -0.15) is 0 Å². The highest BCUT2D eigenvalue weighted by atomic mass is 16.2. The molecule has 1 amide bonds. The van der Waals surface area contributed by atoms with Gasteiger partial charge in [0, 0.05) is 18.3 Å². The number of carbonyl (C=O) groups is 1. The maximum atomic E-state index is 11.6. The summed E-state index contributed by atoms with van der Waals surface area (Å²) >= 11 is 0. The van der Waals surface area contributed by atoms with Crippen molar-refractivity contribution >= 4 is 11.6 Å². The highest BCUT2D eigenvalue weighted by Crippen LogP contribution is 2.29. The Morgan fingerprint density at radius 1 is 1.41 bits per heavy atom. The summed E-state index contributed by atoms with van der Waals surface area (Å²) < 4.78 is 0. The second-order valence-electron chi connectivity index (χ2n) is 5.40. The summed E-state index contributed by atoms with van der Waals surface area (Å²) in [7, 11) is 3.82. The molecule has 3 nitrogen and oxygen atoms in total. The minimum absolute atomic E-state index is 0.0861. The van der Waals surface area contributed by atoms with Crippen LogP contribution in [0, 0.1) is 0 Å². The van der Waals surface area contributed by atoms with E-state index in [1.54, 1.807) is 4.90 Å². The molecule has 1 heterocycles. The van der Waals surface area contributed by atoms with E-state index in [0.717, 1.165) is 17.7 Å². The van der Waals surface area contributed by atoms with E-state index in [4.69, 9.17) is 0 Å². The molecule has 1 aliphatic rings. The molecule has 0 atom stereocenters. The summed E-state index contributed by atoms with van der Waals surface area (Å²) in [6, 6.07) is 6.34. The number of carbonyl (C=O) groups excluding carboxylic acids is 1. The Kier molecular flexibility index (Phi) is 2.96. The molecule has 0 bridgehead atoms. The lowest BCUT2D eigenvalue weighted by atomic mass is 9.94. The quantitative estimate of drug-likeness (QED) is 0.861. The largest absolute Gasteiger partial charge is 0.315 e. The van der Waals surface area contributed by atoms with Crippen LogP contribution in [0.25, 0.3) is 0 Å². The van der Waals surface area contributed by atoms with E-state index in [0.29, 0.717) is 6.42 Å². The van der Waals surface area contributed by atoms with Crippen LogP contribution in [0.15, 0.2) is 18.2 Å². The fraction of sp³-hybridized carbons (Fsp3) is 0.500. The van der Waals surface area contributed by atoms with Gasteiger partial charge >= 0.3 is 0 Å². The van der Waals surface area contributed by atoms with Gasteiger partial charge in [-0.3, -0.25) is 4.79 Å². The second-order valence-corrected chi connectivity index (χ2v) is 5.40. The molecule has 0 fully saturated rings. The highest BCUT2D eigenvalue weighted by Gasteiger charge is 2.24. The van der Waals surface area contributed by atoms with E-state index in [1.165, 1.54) is 5.56 Å². The Hall–Kier alpha value is -1.35. The molecule has 0 saturated carbocycles. The fourth-order valence-electron chi connectivity index (χ4n) is 2.23. The van der Waals surface area contributed by atoms with Crippen molar-refractivity contribution in [2.45, 2.75) is 32.2 Å². The number of likely N-dealkylation sites (N-methyl/N-ethyl adjacent to an activating group) is 2. The summed E-state index contributed by atoms with van der Waals surface area (Å²) in [5.74, 6) is 0.185. The number of rotatable bonds is 3. The van der Waals surface area contributed by atoms with Crippen LogP contribution in [-0.4, -0.2) is 25.5 Å². The van der Waals surface area contributed by atoms with Gasteiger partial charge in [0.2, 0.25) is 5.91 Å². The van der Waals surface area contributed by atoms with Gasteiger partial charge in [0.15, 0.2) is 0 Å². The van der Waals surface area contributed by atoms with Crippen molar-refractivity contribution in [2.75, 3.05) is 19.0 Å². The number of amides is 1. The summed E-state index contributed by atoms with van der Waals surface area (Å²) in [6.45, 7) is 4.36. The maximum absolute atomic E-state index is 11.6. The van der Waals surface area contributed by atoms with Crippen molar-refractivity contribution < 1.29 is 4.79 Å². The molecule has 3 heteroatoms. The zero-order valence-corrected chi connectivity index (χ0v) is 11.0. The van der Waals surface area contributed by atoms with Crippen LogP contribution in [0.2, 0.25) is 0 Å². The van der Waals surface area contributed by atoms with Gasteiger partial charge < -0.3 is 10.2 Å². The normalized spacial score (nSPS) is 15.3. The Morgan fingerprint density at radius 2 is 2.12 bits per heavy atom. The molecule has 0 spiro atoms. The molecule has 0 unspecified atom stereocenters. The molecular weight excluding hydrogens is 212 g/mol. The van der Waals surface area contributed by atoms with Crippen molar-refractivity contribution in [3.05, 3.63) is 29.3 Å². The van der Waals surface area contributed by atoms with E-state index < -0.39 is 0 Å². The molecule has 17 heavy (non-hydrogen) atoms. The zero-order valence-electron chi connectivity index (χ0n) is 11.0. The minimum Gasteiger partial charge on any atom is -0.315 e. The van der Waals surface area contributed by atoms with Crippen LogP contribution < -0.4 is 10.2 Å². The summed E-state index contributed by atoms with van der Waals surface area (Å²) in [5.41, 5.74) is 3.58. The number of benzene rings is 1. The third-order valence-electron chi connectivity index (χ3n) is 3.54. The Bertz CT molecular complexity index is 452. The first-order chi connectivity index (χ1) is 7.93. The van der Waals surface area contributed by atoms with E-state index in [2.05, 4.69) is 37.4 Å². The van der Waals surface area contributed by atoms with Crippen molar-refractivity contribution in [2.24, 2.45) is 0 Å². The summed E-state index contributed by atoms with van der Waals surface area (Å²) in [4.78, 5) is 13.3. The van der Waals surface area contributed by atoms with Crippen LogP contribution in [0.4, 0.5) is 5.69 Å². The first kappa shape index (κ1) is 12.1. The molecule has 0 saturated heterocycles. The lowest BCUT2D eigenvalue weighted by molar-refractivity contribution is -0.117. The van der Waals surface area contributed by atoms with Gasteiger partial charge in [-0.15, -0.1) is 0 Å². The molecule has 1 N–H and O–H groups in total. The monoisotopic (exact) mass is 232 g/mol. The molecule has 0 aliphatic carbocycles. The van der Waals surface area contributed by atoms with Crippen LogP contribution in [0.3, 0.4) is 0 Å². The van der Waals surface area contributed by atoms with Gasteiger partial charge in [-0.25, -0.2) is 0 Å². The first-order valence-corrected chi connectivity index (χ1v) is 6.00. The van der Waals surface area contributed by atoms with Crippen molar-refractivity contribution in [3.63, 3.8) is 0 Å². The smallest absolute Gasteiger partial charge is 0.231 e. The van der Waals surface area contributed by atoms with E-state index >= 15 is 0 Å². The summed E-state index contributed by atoms with van der Waals surface area (Å²) in [6.07, 6.45) is 1.51. The molecule has 1 aliphatic heterocycles. The van der Waals surface area contributed by atoms with Crippen LogP contribution in [0.5, 0.6) is 0 Å². The third-order valence-corrected chi connectivity index (χ3v) is 3.54. The first-order valence-electron chi connectivity index (χ1n) is 6.00. The number of fused-ring (bicyclic) bond motifs is 1. The Labute approximate surface area is 103 Å². The maximum Gasteiger partial charge on any atom is 0.231 e. The van der Waals surface area contributed by atoms with E-state index in [-0.39, 0.29) is 11.4 Å². The number of nitrogens with zero attached hydrogens (tertiary/aromatic N) is 1. The van der Waals surface area contributed by atoms with Crippen molar-refractivity contribution in [3.8, 4) is 0 Å².